The number of carbonyl (C=O) groups excluding carboxylic acids is 1. The van der Waals surface area contributed by atoms with Crippen LogP contribution in [0.5, 0.6) is 0 Å². The molecule has 1 aromatic carbocycles. The third-order valence-corrected chi connectivity index (χ3v) is 4.69. The second-order valence-electron chi connectivity index (χ2n) is 5.62. The molecule has 0 saturated heterocycles. The van der Waals surface area contributed by atoms with Gasteiger partial charge in [0.05, 0.1) is 6.54 Å². The van der Waals surface area contributed by atoms with Crippen LogP contribution in [0.1, 0.15) is 38.5 Å². The number of amides is 1. The van der Waals surface area contributed by atoms with Gasteiger partial charge in [0.15, 0.2) is 0 Å². The predicted octanol–water partition coefficient (Wildman–Crippen LogP) is 3.88. The molecular weight excluding hydrogens is 363 g/mol. The number of carbonyl (C=O) groups is 1. The molecule has 110 valence electrons. The van der Waals surface area contributed by atoms with Gasteiger partial charge in [-0.1, -0.05) is 25.7 Å². The molecule has 1 aliphatic carbocycles. The molecule has 0 radical (unpaired) electrons. The Morgan fingerprint density at radius 3 is 2.40 bits per heavy atom. The lowest BCUT2D eigenvalue weighted by Gasteiger charge is -2.26. The maximum Gasteiger partial charge on any atom is 0.238 e. The Labute approximate surface area is 135 Å². The first kappa shape index (κ1) is 15.8. The van der Waals surface area contributed by atoms with Crippen LogP contribution in [0.4, 0.5) is 5.69 Å². The number of nitrogens with one attached hydrogen (secondary N) is 1. The Morgan fingerprint density at radius 2 is 1.80 bits per heavy atom. The molecule has 1 aromatic rings. The topological polar surface area (TPSA) is 32.3 Å². The molecule has 0 aliphatic heterocycles. The van der Waals surface area contributed by atoms with Crippen LogP contribution in [-0.4, -0.2) is 30.4 Å². The smallest absolute Gasteiger partial charge is 0.238 e. The van der Waals surface area contributed by atoms with Crippen LogP contribution in [0, 0.1) is 3.57 Å². The van der Waals surface area contributed by atoms with Gasteiger partial charge in [-0.05, 0) is 66.7 Å². The summed E-state index contributed by atoms with van der Waals surface area (Å²) in [5, 5.41) is 2.97. The van der Waals surface area contributed by atoms with Crippen LogP contribution in [0.25, 0.3) is 0 Å². The lowest BCUT2D eigenvalue weighted by Crippen LogP contribution is -2.37. The number of benzene rings is 1. The van der Waals surface area contributed by atoms with Gasteiger partial charge >= 0.3 is 0 Å². The number of likely N-dealkylation sites (N-methyl/N-ethyl adjacent to an activating group) is 1. The lowest BCUT2D eigenvalue weighted by atomic mass is 10.1. The number of hydrogen-bond acceptors (Lipinski definition) is 2. The van der Waals surface area contributed by atoms with Gasteiger partial charge in [0.25, 0.3) is 0 Å². The molecule has 0 unspecified atom stereocenters. The maximum absolute atomic E-state index is 12.1. The highest BCUT2D eigenvalue weighted by atomic mass is 127. The molecule has 1 N–H and O–H groups in total. The molecule has 1 fully saturated rings. The molecule has 1 saturated carbocycles. The highest BCUT2D eigenvalue weighted by Crippen LogP contribution is 2.21. The van der Waals surface area contributed by atoms with E-state index in [1.54, 1.807) is 0 Å². The Kier molecular flexibility index (Phi) is 6.29. The first-order chi connectivity index (χ1) is 9.65. The fourth-order valence-electron chi connectivity index (χ4n) is 2.79. The summed E-state index contributed by atoms with van der Waals surface area (Å²) < 4.78 is 1.18. The molecule has 1 aliphatic rings. The second-order valence-corrected chi connectivity index (χ2v) is 6.86. The van der Waals surface area contributed by atoms with E-state index in [1.807, 2.05) is 24.3 Å². The average molecular weight is 386 g/mol. The molecule has 0 bridgehead atoms. The summed E-state index contributed by atoms with van der Waals surface area (Å²) in [7, 11) is 2.07. The monoisotopic (exact) mass is 386 g/mol. The summed E-state index contributed by atoms with van der Waals surface area (Å²) >= 11 is 2.26. The van der Waals surface area contributed by atoms with Gasteiger partial charge in [0, 0.05) is 15.3 Å². The molecule has 1 amide bonds. The first-order valence-corrected chi connectivity index (χ1v) is 8.48. The van der Waals surface area contributed by atoms with E-state index >= 15 is 0 Å². The van der Waals surface area contributed by atoms with Gasteiger partial charge in [0.1, 0.15) is 0 Å². The zero-order chi connectivity index (χ0) is 14.4. The summed E-state index contributed by atoms with van der Waals surface area (Å²) in [6, 6.07) is 8.48. The second kappa shape index (κ2) is 7.98. The molecule has 0 aromatic heterocycles. The van der Waals surface area contributed by atoms with Crippen LogP contribution >= 0.6 is 22.6 Å². The van der Waals surface area contributed by atoms with Crippen LogP contribution in [0.3, 0.4) is 0 Å². The van der Waals surface area contributed by atoms with Crippen LogP contribution in [0.2, 0.25) is 0 Å². The Bertz CT molecular complexity index is 425. The van der Waals surface area contributed by atoms with E-state index in [0.717, 1.165) is 5.69 Å². The maximum atomic E-state index is 12.1. The fourth-order valence-corrected chi connectivity index (χ4v) is 3.15. The average Bonchev–Trinajstić information content (AvgIpc) is 2.70. The fraction of sp³-hybridized carbons (Fsp3) is 0.562. The summed E-state index contributed by atoms with van der Waals surface area (Å²) in [5.74, 6) is 0.0814. The normalized spacial score (nSPS) is 16.9. The zero-order valence-corrected chi connectivity index (χ0v) is 14.2. The van der Waals surface area contributed by atoms with Crippen molar-refractivity contribution in [3.05, 3.63) is 27.8 Å². The van der Waals surface area contributed by atoms with Crippen molar-refractivity contribution in [1.82, 2.24) is 4.90 Å². The largest absolute Gasteiger partial charge is 0.325 e. The van der Waals surface area contributed by atoms with E-state index < -0.39 is 0 Å². The van der Waals surface area contributed by atoms with Crippen LogP contribution in [-0.2, 0) is 4.79 Å². The van der Waals surface area contributed by atoms with Gasteiger partial charge < -0.3 is 5.32 Å². The Morgan fingerprint density at radius 1 is 1.20 bits per heavy atom. The molecule has 3 nitrogen and oxygen atoms in total. The lowest BCUT2D eigenvalue weighted by molar-refractivity contribution is -0.117. The van der Waals surface area contributed by atoms with E-state index in [9.17, 15) is 4.79 Å². The molecule has 0 spiro atoms. The van der Waals surface area contributed by atoms with Gasteiger partial charge in [-0.15, -0.1) is 0 Å². The van der Waals surface area contributed by atoms with Gasteiger partial charge in [-0.25, -0.2) is 0 Å². The van der Waals surface area contributed by atoms with Crippen LogP contribution in [0.15, 0.2) is 24.3 Å². The number of anilines is 1. The minimum atomic E-state index is 0.0814. The van der Waals surface area contributed by atoms with Crippen molar-refractivity contribution in [3.63, 3.8) is 0 Å². The van der Waals surface area contributed by atoms with Crippen LogP contribution < -0.4 is 5.32 Å². The molecule has 0 heterocycles. The standard InChI is InChI=1S/C16H23IN2O/c1-19(15-6-4-2-3-5-7-15)12-16(20)18-14-10-8-13(17)9-11-14/h8-11,15H,2-7,12H2,1H3,(H,18,20). The minimum Gasteiger partial charge on any atom is -0.325 e. The van der Waals surface area contributed by atoms with Gasteiger partial charge in [-0.3, -0.25) is 9.69 Å². The van der Waals surface area contributed by atoms with Crippen molar-refractivity contribution in [3.8, 4) is 0 Å². The van der Waals surface area contributed by atoms with Gasteiger partial charge in [0.2, 0.25) is 5.91 Å². The quantitative estimate of drug-likeness (QED) is 0.629. The highest BCUT2D eigenvalue weighted by molar-refractivity contribution is 14.1. The number of nitrogens with zero attached hydrogens (tertiary/aromatic N) is 1. The molecule has 4 heteroatoms. The highest BCUT2D eigenvalue weighted by Gasteiger charge is 2.18. The van der Waals surface area contributed by atoms with E-state index in [0.29, 0.717) is 12.6 Å². The van der Waals surface area contributed by atoms with Crippen molar-refractivity contribution in [1.29, 1.82) is 0 Å². The minimum absolute atomic E-state index is 0.0814. The SMILES string of the molecule is CN(CC(=O)Nc1ccc(I)cc1)C1CCCCCC1. The van der Waals surface area contributed by atoms with Crippen molar-refractivity contribution in [2.24, 2.45) is 0 Å². The molecular formula is C16H23IN2O. The summed E-state index contributed by atoms with van der Waals surface area (Å²) in [6.45, 7) is 0.483. The Balaban J connectivity index is 1.82. The van der Waals surface area contributed by atoms with Gasteiger partial charge in [-0.2, -0.15) is 0 Å². The van der Waals surface area contributed by atoms with Crippen molar-refractivity contribution in [2.45, 2.75) is 44.6 Å². The number of halogens is 1. The Hall–Kier alpha value is -0.620. The molecule has 0 atom stereocenters. The zero-order valence-electron chi connectivity index (χ0n) is 12.1. The number of hydrogen-bond donors (Lipinski definition) is 1. The summed E-state index contributed by atoms with van der Waals surface area (Å²) in [5.41, 5.74) is 0.879. The third kappa shape index (κ3) is 5.05. The van der Waals surface area contributed by atoms with Crippen molar-refractivity contribution in [2.75, 3.05) is 18.9 Å². The first-order valence-electron chi connectivity index (χ1n) is 7.41. The van der Waals surface area contributed by atoms with E-state index in [4.69, 9.17) is 0 Å². The van der Waals surface area contributed by atoms with E-state index in [1.165, 1.54) is 42.1 Å². The van der Waals surface area contributed by atoms with E-state index in [-0.39, 0.29) is 5.91 Å². The van der Waals surface area contributed by atoms with Crippen molar-refractivity contribution >= 4 is 34.2 Å². The summed E-state index contributed by atoms with van der Waals surface area (Å²) in [6.07, 6.45) is 7.75. The number of rotatable bonds is 4. The molecule has 20 heavy (non-hydrogen) atoms. The van der Waals surface area contributed by atoms with Crippen molar-refractivity contribution < 1.29 is 4.79 Å². The third-order valence-electron chi connectivity index (χ3n) is 3.97. The van der Waals surface area contributed by atoms with E-state index in [2.05, 4.69) is 39.9 Å². The predicted molar refractivity (Wildman–Crippen MR) is 91.9 cm³/mol. The molecule has 2 rings (SSSR count). The summed E-state index contributed by atoms with van der Waals surface area (Å²) in [4.78, 5) is 14.3.